The van der Waals surface area contributed by atoms with Crippen molar-refractivity contribution in [2.75, 3.05) is 39.4 Å². The Morgan fingerprint density at radius 2 is 2.15 bits per heavy atom. The average Bonchev–Trinajstić information content (AvgIpc) is 3.29. The zero-order valence-corrected chi connectivity index (χ0v) is 14.9. The Labute approximate surface area is 151 Å². The van der Waals surface area contributed by atoms with E-state index in [4.69, 9.17) is 4.74 Å². The third-order valence-electron chi connectivity index (χ3n) is 4.80. The standard InChI is InChI=1S/C19H23N5O2/c1-23-18(15-3-2-4-16-14(15)5-6-20-16)13-17(22-23)19(25)21-7-8-24-9-11-26-12-10-24/h2-6,13,20H,7-12H2,1H3,(H,21,25). The van der Waals surface area contributed by atoms with Crippen molar-refractivity contribution in [3.63, 3.8) is 0 Å². The highest BCUT2D eigenvalue weighted by Crippen LogP contribution is 2.28. The molecule has 0 aliphatic carbocycles. The van der Waals surface area contributed by atoms with E-state index in [1.54, 1.807) is 4.68 Å². The largest absolute Gasteiger partial charge is 0.379 e. The summed E-state index contributed by atoms with van der Waals surface area (Å²) in [4.78, 5) is 18.0. The lowest BCUT2D eigenvalue weighted by Crippen LogP contribution is -2.41. The molecule has 3 aromatic rings. The third kappa shape index (κ3) is 3.36. The van der Waals surface area contributed by atoms with Gasteiger partial charge in [-0.3, -0.25) is 14.4 Å². The van der Waals surface area contributed by atoms with E-state index < -0.39 is 0 Å². The molecule has 0 saturated carbocycles. The first-order valence-electron chi connectivity index (χ1n) is 8.91. The van der Waals surface area contributed by atoms with Gasteiger partial charge in [-0.25, -0.2) is 0 Å². The van der Waals surface area contributed by atoms with Gasteiger partial charge in [0.2, 0.25) is 0 Å². The van der Waals surface area contributed by atoms with Crippen LogP contribution in [0.4, 0.5) is 0 Å². The van der Waals surface area contributed by atoms with E-state index in [-0.39, 0.29) is 5.91 Å². The monoisotopic (exact) mass is 353 g/mol. The van der Waals surface area contributed by atoms with Gasteiger partial charge in [-0.15, -0.1) is 0 Å². The van der Waals surface area contributed by atoms with E-state index in [2.05, 4.69) is 20.3 Å². The zero-order valence-electron chi connectivity index (χ0n) is 14.9. The van der Waals surface area contributed by atoms with E-state index in [1.807, 2.05) is 43.6 Å². The van der Waals surface area contributed by atoms with Crippen molar-refractivity contribution in [1.29, 1.82) is 0 Å². The number of nitrogens with one attached hydrogen (secondary N) is 2. The molecule has 0 bridgehead atoms. The molecule has 3 heterocycles. The lowest BCUT2D eigenvalue weighted by molar-refractivity contribution is 0.0383. The van der Waals surface area contributed by atoms with Crippen molar-refractivity contribution >= 4 is 16.8 Å². The SMILES string of the molecule is Cn1nc(C(=O)NCCN2CCOCC2)cc1-c1cccc2[nH]ccc12. The van der Waals surface area contributed by atoms with Crippen LogP contribution in [0.2, 0.25) is 0 Å². The Morgan fingerprint density at radius 3 is 3.00 bits per heavy atom. The van der Waals surface area contributed by atoms with Crippen LogP contribution in [0.15, 0.2) is 36.5 Å². The topological polar surface area (TPSA) is 75.2 Å². The maximum atomic E-state index is 12.5. The Kier molecular flexibility index (Phi) is 4.73. The predicted octanol–water partition coefficient (Wildman–Crippen LogP) is 1.63. The maximum absolute atomic E-state index is 12.5. The lowest BCUT2D eigenvalue weighted by Gasteiger charge is -2.26. The predicted molar refractivity (Wildman–Crippen MR) is 100 cm³/mol. The summed E-state index contributed by atoms with van der Waals surface area (Å²) in [6.45, 7) is 4.81. The summed E-state index contributed by atoms with van der Waals surface area (Å²) < 4.78 is 7.10. The molecule has 2 N–H and O–H groups in total. The molecule has 0 atom stereocenters. The second-order valence-corrected chi connectivity index (χ2v) is 6.49. The van der Waals surface area contributed by atoms with Crippen LogP contribution in [0.3, 0.4) is 0 Å². The normalized spacial score (nSPS) is 15.4. The number of carbonyl (C=O) groups is 1. The number of morpholine rings is 1. The number of amides is 1. The number of benzene rings is 1. The molecule has 1 aromatic carbocycles. The molecule has 26 heavy (non-hydrogen) atoms. The molecule has 0 radical (unpaired) electrons. The highest BCUT2D eigenvalue weighted by atomic mass is 16.5. The summed E-state index contributed by atoms with van der Waals surface area (Å²) in [6, 6.07) is 9.98. The highest BCUT2D eigenvalue weighted by molar-refractivity contribution is 5.97. The smallest absolute Gasteiger partial charge is 0.271 e. The fourth-order valence-corrected chi connectivity index (χ4v) is 3.38. The fourth-order valence-electron chi connectivity index (χ4n) is 3.38. The average molecular weight is 353 g/mol. The number of carbonyl (C=O) groups excluding carboxylic acids is 1. The van der Waals surface area contributed by atoms with Crippen LogP contribution in [-0.2, 0) is 11.8 Å². The summed E-state index contributed by atoms with van der Waals surface area (Å²) in [5.74, 6) is -0.138. The molecule has 136 valence electrons. The van der Waals surface area contributed by atoms with E-state index in [0.717, 1.165) is 55.0 Å². The molecule has 7 nitrogen and oxygen atoms in total. The molecule has 0 spiro atoms. The van der Waals surface area contributed by atoms with Gasteiger partial charge in [0.15, 0.2) is 5.69 Å². The number of hydrogen-bond donors (Lipinski definition) is 2. The number of fused-ring (bicyclic) bond motifs is 1. The number of hydrogen-bond acceptors (Lipinski definition) is 4. The number of aromatic nitrogens is 3. The minimum atomic E-state index is -0.138. The van der Waals surface area contributed by atoms with Crippen LogP contribution in [0, 0.1) is 0 Å². The number of aromatic amines is 1. The van der Waals surface area contributed by atoms with Gasteiger partial charge in [-0.1, -0.05) is 12.1 Å². The van der Waals surface area contributed by atoms with Crippen molar-refractivity contribution in [3.05, 3.63) is 42.2 Å². The molecule has 1 fully saturated rings. The zero-order chi connectivity index (χ0) is 17.9. The van der Waals surface area contributed by atoms with Crippen LogP contribution in [0.25, 0.3) is 22.2 Å². The van der Waals surface area contributed by atoms with Crippen LogP contribution >= 0.6 is 0 Å². The minimum absolute atomic E-state index is 0.138. The summed E-state index contributed by atoms with van der Waals surface area (Å²) in [7, 11) is 1.87. The quantitative estimate of drug-likeness (QED) is 0.731. The van der Waals surface area contributed by atoms with Gasteiger partial charge in [0, 0.05) is 55.9 Å². The molecule has 1 aliphatic rings. The van der Waals surface area contributed by atoms with Crippen LogP contribution in [0.1, 0.15) is 10.5 Å². The van der Waals surface area contributed by atoms with Gasteiger partial charge in [-0.2, -0.15) is 5.10 Å². The van der Waals surface area contributed by atoms with Crippen LogP contribution < -0.4 is 5.32 Å². The van der Waals surface area contributed by atoms with Crippen molar-refractivity contribution in [3.8, 4) is 11.3 Å². The molecule has 1 saturated heterocycles. The van der Waals surface area contributed by atoms with Crippen molar-refractivity contribution in [1.82, 2.24) is 25.0 Å². The van der Waals surface area contributed by atoms with Gasteiger partial charge >= 0.3 is 0 Å². The third-order valence-corrected chi connectivity index (χ3v) is 4.80. The lowest BCUT2D eigenvalue weighted by atomic mass is 10.1. The minimum Gasteiger partial charge on any atom is -0.379 e. The first kappa shape index (κ1) is 16.8. The van der Waals surface area contributed by atoms with Gasteiger partial charge in [0.25, 0.3) is 5.91 Å². The van der Waals surface area contributed by atoms with Gasteiger partial charge in [-0.05, 0) is 18.2 Å². The number of H-pyrrole nitrogens is 1. The van der Waals surface area contributed by atoms with E-state index in [9.17, 15) is 4.79 Å². The number of rotatable bonds is 5. The summed E-state index contributed by atoms with van der Waals surface area (Å²) in [5.41, 5.74) is 3.50. The van der Waals surface area contributed by atoms with Gasteiger partial charge < -0.3 is 15.0 Å². The second kappa shape index (κ2) is 7.31. The van der Waals surface area contributed by atoms with E-state index in [0.29, 0.717) is 12.2 Å². The fraction of sp³-hybridized carbons (Fsp3) is 0.368. The number of nitrogens with zero attached hydrogens (tertiary/aromatic N) is 3. The van der Waals surface area contributed by atoms with E-state index in [1.165, 1.54) is 0 Å². The summed E-state index contributed by atoms with van der Waals surface area (Å²) in [6.07, 6.45) is 1.92. The molecule has 1 aliphatic heterocycles. The van der Waals surface area contributed by atoms with Crippen LogP contribution in [0.5, 0.6) is 0 Å². The summed E-state index contributed by atoms with van der Waals surface area (Å²) >= 11 is 0. The van der Waals surface area contributed by atoms with Crippen molar-refractivity contribution in [2.24, 2.45) is 7.05 Å². The molecule has 1 amide bonds. The first-order chi connectivity index (χ1) is 12.7. The molecule has 7 heteroatoms. The Bertz CT molecular complexity index is 908. The van der Waals surface area contributed by atoms with Crippen molar-refractivity contribution < 1.29 is 9.53 Å². The second-order valence-electron chi connectivity index (χ2n) is 6.49. The molecule has 4 rings (SSSR count). The highest BCUT2D eigenvalue weighted by Gasteiger charge is 2.16. The molecule has 2 aromatic heterocycles. The summed E-state index contributed by atoms with van der Waals surface area (Å²) in [5, 5.41) is 8.49. The number of aryl methyl sites for hydroxylation is 1. The molecule has 0 unspecified atom stereocenters. The Morgan fingerprint density at radius 1 is 1.31 bits per heavy atom. The van der Waals surface area contributed by atoms with E-state index >= 15 is 0 Å². The van der Waals surface area contributed by atoms with Gasteiger partial charge in [0.1, 0.15) is 0 Å². The first-order valence-corrected chi connectivity index (χ1v) is 8.91. The van der Waals surface area contributed by atoms with Gasteiger partial charge in [0.05, 0.1) is 18.9 Å². The Balaban J connectivity index is 1.46. The Hall–Kier alpha value is -2.64. The molecular formula is C19H23N5O2. The molecular weight excluding hydrogens is 330 g/mol. The number of ether oxygens (including phenoxy) is 1. The van der Waals surface area contributed by atoms with Crippen molar-refractivity contribution in [2.45, 2.75) is 0 Å². The van der Waals surface area contributed by atoms with Crippen LogP contribution in [-0.4, -0.2) is 65.0 Å². The maximum Gasteiger partial charge on any atom is 0.271 e.